The Morgan fingerprint density at radius 2 is 1.77 bits per heavy atom. The van der Waals surface area contributed by atoms with E-state index in [0.717, 1.165) is 12.0 Å². The fraction of sp³-hybridized carbons (Fsp3) is 0.333. The molecule has 2 N–H and O–H groups in total. The molecule has 116 valence electrons. The van der Waals surface area contributed by atoms with E-state index in [-0.39, 0.29) is 22.4 Å². The Balaban J connectivity index is 2.10. The second kappa shape index (κ2) is 6.60. The first-order valence-electron chi connectivity index (χ1n) is 7.44. The number of H-pyrrole nitrogens is 1. The third-order valence-electron chi connectivity index (χ3n) is 3.40. The van der Waals surface area contributed by atoms with E-state index in [4.69, 9.17) is 0 Å². The lowest BCUT2D eigenvalue weighted by Gasteiger charge is -2.17. The molecule has 0 radical (unpaired) electrons. The summed E-state index contributed by atoms with van der Waals surface area (Å²) in [7, 11) is 0. The van der Waals surface area contributed by atoms with Gasteiger partial charge < -0.3 is 10.3 Å². The first-order chi connectivity index (χ1) is 10.4. The van der Waals surface area contributed by atoms with Crippen LogP contribution in [-0.2, 0) is 0 Å². The lowest BCUT2D eigenvalue weighted by Crippen LogP contribution is -2.31. The number of amides is 1. The molecule has 0 spiro atoms. The number of hydrogen-bond acceptors (Lipinski definition) is 2. The van der Waals surface area contributed by atoms with Crippen LogP contribution in [0.25, 0.3) is 11.3 Å². The summed E-state index contributed by atoms with van der Waals surface area (Å²) in [5, 5.41) is 2.80. The molecule has 1 amide bonds. The number of nitrogens with one attached hydrogen (secondary N) is 2. The fourth-order valence-electron chi connectivity index (χ4n) is 2.08. The Bertz CT molecular complexity index is 697. The van der Waals surface area contributed by atoms with Crippen molar-refractivity contribution in [2.75, 3.05) is 6.54 Å². The number of pyridine rings is 1. The largest absolute Gasteiger partial charge is 0.352 e. The van der Waals surface area contributed by atoms with Crippen LogP contribution < -0.4 is 10.9 Å². The van der Waals surface area contributed by atoms with Gasteiger partial charge in [0.25, 0.3) is 11.5 Å². The van der Waals surface area contributed by atoms with Crippen LogP contribution in [-0.4, -0.2) is 17.4 Å². The van der Waals surface area contributed by atoms with Crippen LogP contribution in [0.1, 0.15) is 37.6 Å². The third-order valence-corrected chi connectivity index (χ3v) is 3.40. The van der Waals surface area contributed by atoms with Crippen molar-refractivity contribution in [3.05, 3.63) is 58.4 Å². The molecule has 2 rings (SSSR count). The summed E-state index contributed by atoms with van der Waals surface area (Å²) in [6.45, 7) is 6.89. The summed E-state index contributed by atoms with van der Waals surface area (Å²) < 4.78 is 0. The Morgan fingerprint density at radius 3 is 2.36 bits per heavy atom. The van der Waals surface area contributed by atoms with Crippen LogP contribution in [0.5, 0.6) is 0 Å². The lowest BCUT2D eigenvalue weighted by atomic mass is 9.92. The molecule has 1 aromatic carbocycles. The molecule has 0 saturated carbocycles. The molecule has 0 unspecified atom stereocenters. The van der Waals surface area contributed by atoms with Gasteiger partial charge in [-0.15, -0.1) is 0 Å². The zero-order chi connectivity index (χ0) is 16.2. The molecular weight excluding hydrogens is 276 g/mol. The minimum Gasteiger partial charge on any atom is -0.352 e. The van der Waals surface area contributed by atoms with Crippen LogP contribution in [0.3, 0.4) is 0 Å². The Morgan fingerprint density at radius 1 is 1.09 bits per heavy atom. The first kappa shape index (κ1) is 16.0. The van der Waals surface area contributed by atoms with Crippen molar-refractivity contribution < 1.29 is 4.79 Å². The summed E-state index contributed by atoms with van der Waals surface area (Å²) in [6, 6.07) is 12.9. The maximum atomic E-state index is 12.1. The molecule has 2 aromatic rings. The van der Waals surface area contributed by atoms with Gasteiger partial charge in [-0.3, -0.25) is 9.59 Å². The highest BCUT2D eigenvalue weighted by atomic mass is 16.2. The van der Waals surface area contributed by atoms with E-state index in [0.29, 0.717) is 12.2 Å². The van der Waals surface area contributed by atoms with Gasteiger partial charge in [-0.05, 0) is 29.5 Å². The van der Waals surface area contributed by atoms with E-state index in [1.165, 1.54) is 0 Å². The van der Waals surface area contributed by atoms with Crippen LogP contribution in [0, 0.1) is 5.41 Å². The molecule has 0 aliphatic carbocycles. The van der Waals surface area contributed by atoms with Gasteiger partial charge in [-0.1, -0.05) is 51.1 Å². The summed E-state index contributed by atoms with van der Waals surface area (Å²) >= 11 is 0. The SMILES string of the molecule is CC(C)(C)CCNC(=O)c1ccc(-c2ccccc2)[nH]c1=O. The third kappa shape index (κ3) is 4.32. The molecule has 4 heteroatoms. The van der Waals surface area contributed by atoms with Gasteiger partial charge in [-0.2, -0.15) is 0 Å². The number of aromatic nitrogens is 1. The molecule has 1 aromatic heterocycles. The van der Waals surface area contributed by atoms with E-state index in [1.54, 1.807) is 12.1 Å². The van der Waals surface area contributed by atoms with Crippen molar-refractivity contribution in [2.45, 2.75) is 27.2 Å². The minimum atomic E-state index is -0.366. The molecular formula is C18H22N2O2. The summed E-state index contributed by atoms with van der Waals surface area (Å²) in [5.74, 6) is -0.329. The molecule has 0 saturated heterocycles. The highest BCUT2D eigenvalue weighted by Gasteiger charge is 2.13. The monoisotopic (exact) mass is 298 g/mol. The van der Waals surface area contributed by atoms with Gasteiger partial charge in [0.05, 0.1) is 0 Å². The minimum absolute atomic E-state index is 0.147. The van der Waals surface area contributed by atoms with Gasteiger partial charge >= 0.3 is 0 Å². The van der Waals surface area contributed by atoms with Crippen molar-refractivity contribution in [3.63, 3.8) is 0 Å². The Hall–Kier alpha value is -2.36. The highest BCUT2D eigenvalue weighted by Crippen LogP contribution is 2.17. The quantitative estimate of drug-likeness (QED) is 0.910. The van der Waals surface area contributed by atoms with Crippen molar-refractivity contribution in [2.24, 2.45) is 5.41 Å². The van der Waals surface area contributed by atoms with E-state index in [9.17, 15) is 9.59 Å². The molecule has 0 aliphatic heterocycles. The van der Waals surface area contributed by atoms with Gasteiger partial charge in [-0.25, -0.2) is 0 Å². The van der Waals surface area contributed by atoms with Crippen molar-refractivity contribution in [1.82, 2.24) is 10.3 Å². The number of carbonyl (C=O) groups excluding carboxylic acids is 1. The number of rotatable bonds is 4. The van der Waals surface area contributed by atoms with Crippen LogP contribution in [0.15, 0.2) is 47.3 Å². The molecule has 1 heterocycles. The molecule has 22 heavy (non-hydrogen) atoms. The maximum absolute atomic E-state index is 12.1. The van der Waals surface area contributed by atoms with Crippen molar-refractivity contribution >= 4 is 5.91 Å². The molecule has 0 atom stereocenters. The predicted molar refractivity (Wildman–Crippen MR) is 88.9 cm³/mol. The zero-order valence-corrected chi connectivity index (χ0v) is 13.3. The average Bonchev–Trinajstić information content (AvgIpc) is 2.46. The second-order valence-electron chi connectivity index (χ2n) is 6.55. The van der Waals surface area contributed by atoms with E-state index >= 15 is 0 Å². The van der Waals surface area contributed by atoms with Gasteiger partial charge in [0.15, 0.2) is 0 Å². The normalized spacial score (nSPS) is 11.2. The average molecular weight is 298 g/mol. The number of aromatic amines is 1. The van der Waals surface area contributed by atoms with Crippen LogP contribution in [0.4, 0.5) is 0 Å². The van der Waals surface area contributed by atoms with Crippen molar-refractivity contribution in [3.8, 4) is 11.3 Å². The Labute approximate surface area is 130 Å². The standard InChI is InChI=1S/C18H22N2O2/c1-18(2,3)11-12-19-16(21)14-9-10-15(20-17(14)22)13-7-5-4-6-8-13/h4-10H,11-12H2,1-3H3,(H,19,21)(H,20,22). The Kier molecular flexibility index (Phi) is 4.81. The zero-order valence-electron chi connectivity index (χ0n) is 13.3. The topological polar surface area (TPSA) is 62.0 Å². The second-order valence-corrected chi connectivity index (χ2v) is 6.55. The molecule has 0 fully saturated rings. The predicted octanol–water partition coefficient (Wildman–Crippen LogP) is 3.21. The van der Waals surface area contributed by atoms with E-state index in [1.807, 2.05) is 30.3 Å². The number of hydrogen-bond donors (Lipinski definition) is 2. The molecule has 4 nitrogen and oxygen atoms in total. The van der Waals surface area contributed by atoms with E-state index in [2.05, 4.69) is 31.1 Å². The summed E-state index contributed by atoms with van der Waals surface area (Å²) in [5.41, 5.74) is 1.55. The van der Waals surface area contributed by atoms with Crippen molar-refractivity contribution in [1.29, 1.82) is 0 Å². The summed E-state index contributed by atoms with van der Waals surface area (Å²) in [4.78, 5) is 26.9. The fourth-order valence-corrected chi connectivity index (χ4v) is 2.08. The van der Waals surface area contributed by atoms with Crippen LogP contribution in [0.2, 0.25) is 0 Å². The highest BCUT2D eigenvalue weighted by molar-refractivity contribution is 5.94. The molecule has 0 aliphatic rings. The smallest absolute Gasteiger partial charge is 0.261 e. The number of carbonyl (C=O) groups is 1. The first-order valence-corrected chi connectivity index (χ1v) is 7.44. The van der Waals surface area contributed by atoms with E-state index < -0.39 is 0 Å². The maximum Gasteiger partial charge on any atom is 0.261 e. The lowest BCUT2D eigenvalue weighted by molar-refractivity contribution is 0.0948. The van der Waals surface area contributed by atoms with Gasteiger partial charge in [0.2, 0.25) is 0 Å². The van der Waals surface area contributed by atoms with Gasteiger partial charge in [0, 0.05) is 12.2 Å². The summed E-state index contributed by atoms with van der Waals surface area (Å²) in [6.07, 6.45) is 0.860. The van der Waals surface area contributed by atoms with Gasteiger partial charge in [0.1, 0.15) is 5.56 Å². The number of benzene rings is 1. The molecule has 0 bridgehead atoms. The van der Waals surface area contributed by atoms with Crippen LogP contribution >= 0.6 is 0 Å².